The van der Waals surface area contributed by atoms with Gasteiger partial charge in [0.25, 0.3) is 0 Å². The maximum Gasteiger partial charge on any atom is 0.0163 e. The van der Waals surface area contributed by atoms with Gasteiger partial charge in [0.2, 0.25) is 0 Å². The molecule has 1 saturated heterocycles. The minimum absolute atomic E-state index is 0.767. The highest BCUT2D eigenvalue weighted by Crippen LogP contribution is 2.12. The SMILES string of the molecule is C=CCN(CC=C)CCCC1CCCCN1. The summed E-state index contributed by atoms with van der Waals surface area (Å²) in [6.45, 7) is 11.9. The van der Waals surface area contributed by atoms with Crippen molar-refractivity contribution in [1.82, 2.24) is 10.2 Å². The molecule has 92 valence electrons. The number of rotatable bonds is 8. The van der Waals surface area contributed by atoms with Gasteiger partial charge in [0.15, 0.2) is 0 Å². The monoisotopic (exact) mass is 222 g/mol. The summed E-state index contributed by atoms with van der Waals surface area (Å²) in [7, 11) is 0. The number of nitrogens with zero attached hydrogens (tertiary/aromatic N) is 1. The molecule has 0 aromatic heterocycles. The lowest BCUT2D eigenvalue weighted by atomic mass is 10.0. The van der Waals surface area contributed by atoms with E-state index < -0.39 is 0 Å². The summed E-state index contributed by atoms with van der Waals surface area (Å²) in [6.07, 6.45) is 10.7. The van der Waals surface area contributed by atoms with Crippen molar-refractivity contribution in [3.05, 3.63) is 25.3 Å². The highest BCUT2D eigenvalue weighted by molar-refractivity contribution is 4.80. The van der Waals surface area contributed by atoms with Gasteiger partial charge in [-0.1, -0.05) is 18.6 Å². The summed E-state index contributed by atoms with van der Waals surface area (Å²) in [5.41, 5.74) is 0. The Kier molecular flexibility index (Phi) is 7.19. The average Bonchev–Trinajstić information content (AvgIpc) is 2.31. The molecule has 1 N–H and O–H groups in total. The Labute approximate surface area is 100 Å². The predicted molar refractivity (Wildman–Crippen MR) is 71.7 cm³/mol. The van der Waals surface area contributed by atoms with Gasteiger partial charge in [0.05, 0.1) is 0 Å². The molecule has 0 radical (unpaired) electrons. The molecule has 0 saturated carbocycles. The van der Waals surface area contributed by atoms with E-state index in [2.05, 4.69) is 23.4 Å². The second-order valence-electron chi connectivity index (χ2n) is 4.63. The summed E-state index contributed by atoms with van der Waals surface area (Å²) < 4.78 is 0. The maximum absolute atomic E-state index is 3.79. The van der Waals surface area contributed by atoms with Crippen LogP contribution in [0.15, 0.2) is 25.3 Å². The van der Waals surface area contributed by atoms with Crippen LogP contribution in [-0.2, 0) is 0 Å². The van der Waals surface area contributed by atoms with Crippen LogP contribution in [-0.4, -0.2) is 37.1 Å². The highest BCUT2D eigenvalue weighted by atomic mass is 15.1. The maximum atomic E-state index is 3.79. The minimum atomic E-state index is 0.767. The largest absolute Gasteiger partial charge is 0.314 e. The van der Waals surface area contributed by atoms with Crippen LogP contribution in [0.5, 0.6) is 0 Å². The normalized spacial score (nSPS) is 20.9. The van der Waals surface area contributed by atoms with Gasteiger partial charge < -0.3 is 5.32 Å². The molecular formula is C14H26N2. The minimum Gasteiger partial charge on any atom is -0.314 e. The Morgan fingerprint density at radius 3 is 2.50 bits per heavy atom. The summed E-state index contributed by atoms with van der Waals surface area (Å²) in [5.74, 6) is 0. The van der Waals surface area contributed by atoms with Crippen LogP contribution in [0.2, 0.25) is 0 Å². The Bertz CT molecular complexity index is 185. The van der Waals surface area contributed by atoms with Crippen LogP contribution >= 0.6 is 0 Å². The third kappa shape index (κ3) is 5.47. The van der Waals surface area contributed by atoms with Crippen molar-refractivity contribution >= 4 is 0 Å². The van der Waals surface area contributed by atoms with E-state index >= 15 is 0 Å². The van der Waals surface area contributed by atoms with Crippen molar-refractivity contribution in [2.75, 3.05) is 26.2 Å². The smallest absolute Gasteiger partial charge is 0.0163 e. The summed E-state index contributed by atoms with van der Waals surface area (Å²) >= 11 is 0. The van der Waals surface area contributed by atoms with Gasteiger partial charge in [0, 0.05) is 19.1 Å². The topological polar surface area (TPSA) is 15.3 Å². The quantitative estimate of drug-likeness (QED) is 0.635. The zero-order valence-electron chi connectivity index (χ0n) is 10.5. The molecule has 0 aromatic carbocycles. The lowest BCUT2D eigenvalue weighted by Gasteiger charge is -2.25. The highest BCUT2D eigenvalue weighted by Gasteiger charge is 2.12. The summed E-state index contributed by atoms with van der Waals surface area (Å²) in [5, 5.41) is 3.60. The van der Waals surface area contributed by atoms with Crippen molar-refractivity contribution in [3.8, 4) is 0 Å². The van der Waals surface area contributed by atoms with E-state index in [9.17, 15) is 0 Å². The van der Waals surface area contributed by atoms with Crippen LogP contribution < -0.4 is 5.32 Å². The van der Waals surface area contributed by atoms with E-state index in [1.54, 1.807) is 0 Å². The molecule has 1 fully saturated rings. The van der Waals surface area contributed by atoms with Crippen molar-refractivity contribution in [3.63, 3.8) is 0 Å². The van der Waals surface area contributed by atoms with Gasteiger partial charge in [-0.2, -0.15) is 0 Å². The summed E-state index contributed by atoms with van der Waals surface area (Å²) in [4.78, 5) is 2.39. The molecule has 0 aromatic rings. The molecule has 0 amide bonds. The predicted octanol–water partition coefficient (Wildman–Crippen LogP) is 2.58. The number of piperidine rings is 1. The van der Waals surface area contributed by atoms with Gasteiger partial charge in [-0.3, -0.25) is 4.90 Å². The number of hydrogen-bond donors (Lipinski definition) is 1. The molecule has 1 unspecified atom stereocenters. The number of hydrogen-bond acceptors (Lipinski definition) is 2. The molecule has 1 rings (SSSR count). The third-order valence-corrected chi connectivity index (χ3v) is 3.21. The molecule has 2 heteroatoms. The van der Waals surface area contributed by atoms with Gasteiger partial charge in [-0.15, -0.1) is 13.2 Å². The lowest BCUT2D eigenvalue weighted by molar-refractivity contribution is 0.303. The zero-order chi connectivity index (χ0) is 11.6. The average molecular weight is 222 g/mol. The molecule has 0 bridgehead atoms. The number of nitrogens with one attached hydrogen (secondary N) is 1. The second-order valence-corrected chi connectivity index (χ2v) is 4.63. The Morgan fingerprint density at radius 2 is 1.94 bits per heavy atom. The van der Waals surface area contributed by atoms with Gasteiger partial charge in [-0.25, -0.2) is 0 Å². The van der Waals surface area contributed by atoms with Crippen molar-refractivity contribution in [2.24, 2.45) is 0 Å². The molecule has 1 aliphatic rings. The van der Waals surface area contributed by atoms with Crippen molar-refractivity contribution in [2.45, 2.75) is 38.1 Å². The first-order valence-corrected chi connectivity index (χ1v) is 6.54. The molecule has 1 heterocycles. The third-order valence-electron chi connectivity index (χ3n) is 3.21. The van der Waals surface area contributed by atoms with Gasteiger partial charge >= 0.3 is 0 Å². The molecule has 2 nitrogen and oxygen atoms in total. The lowest BCUT2D eigenvalue weighted by Crippen LogP contribution is -2.35. The molecule has 1 aliphatic heterocycles. The fourth-order valence-corrected chi connectivity index (χ4v) is 2.35. The van der Waals surface area contributed by atoms with E-state index in [-0.39, 0.29) is 0 Å². The first-order chi connectivity index (χ1) is 7.86. The van der Waals surface area contributed by atoms with Crippen molar-refractivity contribution < 1.29 is 0 Å². The molecule has 0 spiro atoms. The molecule has 0 aliphatic carbocycles. The van der Waals surface area contributed by atoms with E-state index in [4.69, 9.17) is 0 Å². The second kappa shape index (κ2) is 8.54. The fourth-order valence-electron chi connectivity index (χ4n) is 2.35. The first kappa shape index (κ1) is 13.5. The van der Waals surface area contributed by atoms with E-state index in [1.165, 1.54) is 38.6 Å². The van der Waals surface area contributed by atoms with Crippen LogP contribution in [0, 0.1) is 0 Å². The Hall–Kier alpha value is -0.600. The fraction of sp³-hybridized carbons (Fsp3) is 0.714. The van der Waals surface area contributed by atoms with Crippen LogP contribution in [0.4, 0.5) is 0 Å². The Morgan fingerprint density at radius 1 is 1.19 bits per heavy atom. The summed E-state index contributed by atoms with van der Waals surface area (Å²) in [6, 6.07) is 0.767. The standard InChI is InChI=1S/C14H26N2/c1-3-11-16(12-4-2)13-7-9-14-8-5-6-10-15-14/h3-4,14-15H,1-2,5-13H2. The van der Waals surface area contributed by atoms with E-state index in [1.807, 2.05) is 12.2 Å². The van der Waals surface area contributed by atoms with Crippen LogP contribution in [0.1, 0.15) is 32.1 Å². The van der Waals surface area contributed by atoms with Gasteiger partial charge in [-0.05, 0) is 38.8 Å². The van der Waals surface area contributed by atoms with Crippen LogP contribution in [0.3, 0.4) is 0 Å². The molecule has 16 heavy (non-hydrogen) atoms. The Balaban J connectivity index is 2.10. The molecule has 1 atom stereocenters. The van der Waals surface area contributed by atoms with Crippen LogP contribution in [0.25, 0.3) is 0 Å². The van der Waals surface area contributed by atoms with Gasteiger partial charge in [0.1, 0.15) is 0 Å². The van der Waals surface area contributed by atoms with Crippen molar-refractivity contribution in [1.29, 1.82) is 0 Å². The van der Waals surface area contributed by atoms with E-state index in [0.717, 1.165) is 25.7 Å². The first-order valence-electron chi connectivity index (χ1n) is 6.54. The molecular weight excluding hydrogens is 196 g/mol. The zero-order valence-corrected chi connectivity index (χ0v) is 10.5. The van der Waals surface area contributed by atoms with E-state index in [0.29, 0.717) is 0 Å².